The summed E-state index contributed by atoms with van der Waals surface area (Å²) in [6, 6.07) is 58.6. The Labute approximate surface area is 264 Å². The van der Waals surface area contributed by atoms with Gasteiger partial charge in [-0.05, 0) is 113 Å². The number of rotatable bonds is 2. The molecule has 0 radical (unpaired) electrons. The maximum atomic E-state index is 2.44. The fourth-order valence-corrected chi connectivity index (χ4v) is 8.62. The topological polar surface area (TPSA) is 0 Å². The molecule has 208 valence electrons. The number of thiophene rings is 1. The molecule has 0 N–H and O–H groups in total. The van der Waals surface area contributed by atoms with Crippen LogP contribution in [-0.2, 0) is 0 Å². The van der Waals surface area contributed by atoms with E-state index >= 15 is 0 Å². The highest BCUT2D eigenvalue weighted by molar-refractivity contribution is 7.25. The second-order valence-corrected chi connectivity index (χ2v) is 13.2. The Morgan fingerprint density at radius 1 is 0.267 bits per heavy atom. The first kappa shape index (κ1) is 24.9. The molecule has 0 atom stereocenters. The molecule has 10 rings (SSSR count). The highest BCUT2D eigenvalue weighted by Gasteiger charge is 2.16. The molecular weight excluding hydrogens is 561 g/mol. The largest absolute Gasteiger partial charge is 0.135 e. The summed E-state index contributed by atoms with van der Waals surface area (Å²) in [5.74, 6) is 0. The lowest BCUT2D eigenvalue weighted by molar-refractivity contribution is 1.70. The van der Waals surface area contributed by atoms with Gasteiger partial charge in [0.25, 0.3) is 0 Å². The fraction of sp³-hybridized carbons (Fsp3) is 0. The summed E-state index contributed by atoms with van der Waals surface area (Å²) < 4.78 is 2.68. The van der Waals surface area contributed by atoms with Crippen LogP contribution in [0.15, 0.2) is 158 Å². The summed E-state index contributed by atoms with van der Waals surface area (Å²) in [6.07, 6.45) is 0. The average molecular weight is 587 g/mol. The molecule has 0 spiro atoms. The van der Waals surface area contributed by atoms with Crippen molar-refractivity contribution < 1.29 is 0 Å². The summed E-state index contributed by atoms with van der Waals surface area (Å²) >= 11 is 1.89. The van der Waals surface area contributed by atoms with Crippen molar-refractivity contribution in [3.05, 3.63) is 158 Å². The van der Waals surface area contributed by atoms with Gasteiger partial charge in [0.1, 0.15) is 0 Å². The first-order chi connectivity index (χ1) is 22.3. The number of hydrogen-bond donors (Lipinski definition) is 0. The zero-order valence-electron chi connectivity index (χ0n) is 24.4. The molecule has 0 amide bonds. The molecular formula is C44H26S. The van der Waals surface area contributed by atoms with Crippen molar-refractivity contribution in [1.82, 2.24) is 0 Å². The van der Waals surface area contributed by atoms with Gasteiger partial charge < -0.3 is 0 Å². The highest BCUT2D eigenvalue weighted by Crippen LogP contribution is 2.44. The predicted octanol–water partition coefficient (Wildman–Crippen LogP) is 13.2. The van der Waals surface area contributed by atoms with E-state index < -0.39 is 0 Å². The molecule has 0 aliphatic heterocycles. The summed E-state index contributed by atoms with van der Waals surface area (Å²) in [6.45, 7) is 0. The van der Waals surface area contributed by atoms with E-state index in [0.717, 1.165) is 0 Å². The molecule has 1 heteroatoms. The standard InChI is InChI=1S/C44H26S/c1-2-12-29-24-44-42(22-28(29)11-1)41-23-30(20-21-43(41)45-44)37-25-39-36-18-8-7-17-35(36)38(26-40(39)34-16-6-5-15-33(34)37)32-19-9-13-27-10-3-4-14-31(27)32/h1-26H. The Morgan fingerprint density at radius 2 is 0.822 bits per heavy atom. The first-order valence-electron chi connectivity index (χ1n) is 15.5. The van der Waals surface area contributed by atoms with Crippen molar-refractivity contribution in [2.75, 3.05) is 0 Å². The minimum atomic E-state index is 1.26. The van der Waals surface area contributed by atoms with Crippen LogP contribution in [0.5, 0.6) is 0 Å². The average Bonchev–Trinajstić information content (AvgIpc) is 3.46. The second-order valence-electron chi connectivity index (χ2n) is 12.1. The summed E-state index contributed by atoms with van der Waals surface area (Å²) in [4.78, 5) is 0. The van der Waals surface area contributed by atoms with Crippen molar-refractivity contribution in [2.45, 2.75) is 0 Å². The molecule has 0 bridgehead atoms. The third kappa shape index (κ3) is 3.72. The van der Waals surface area contributed by atoms with Crippen molar-refractivity contribution >= 4 is 85.4 Å². The van der Waals surface area contributed by atoms with E-state index in [0.29, 0.717) is 0 Å². The predicted molar refractivity (Wildman–Crippen MR) is 198 cm³/mol. The lowest BCUT2D eigenvalue weighted by atomic mass is 9.86. The first-order valence-corrected chi connectivity index (χ1v) is 16.3. The van der Waals surface area contributed by atoms with E-state index in [1.807, 2.05) is 11.3 Å². The van der Waals surface area contributed by atoms with Gasteiger partial charge in [0.2, 0.25) is 0 Å². The molecule has 1 aromatic heterocycles. The Balaban J connectivity index is 1.28. The van der Waals surface area contributed by atoms with Gasteiger partial charge in [-0.3, -0.25) is 0 Å². The molecule has 0 nitrogen and oxygen atoms in total. The van der Waals surface area contributed by atoms with Crippen LogP contribution in [0.1, 0.15) is 0 Å². The van der Waals surface area contributed by atoms with Crippen molar-refractivity contribution in [3.8, 4) is 22.3 Å². The van der Waals surface area contributed by atoms with Crippen molar-refractivity contribution in [1.29, 1.82) is 0 Å². The highest BCUT2D eigenvalue weighted by atomic mass is 32.1. The summed E-state index contributed by atoms with van der Waals surface area (Å²) in [5, 5.41) is 15.6. The van der Waals surface area contributed by atoms with Crippen LogP contribution in [0.25, 0.3) is 96.3 Å². The van der Waals surface area contributed by atoms with Crippen LogP contribution in [0.2, 0.25) is 0 Å². The molecule has 0 saturated heterocycles. The summed E-state index contributed by atoms with van der Waals surface area (Å²) in [5.41, 5.74) is 5.10. The van der Waals surface area contributed by atoms with Crippen LogP contribution in [0.4, 0.5) is 0 Å². The van der Waals surface area contributed by atoms with Gasteiger partial charge in [-0.25, -0.2) is 0 Å². The zero-order valence-corrected chi connectivity index (χ0v) is 25.2. The van der Waals surface area contributed by atoms with E-state index in [1.165, 1.54) is 96.3 Å². The molecule has 0 aliphatic carbocycles. The van der Waals surface area contributed by atoms with Crippen LogP contribution in [0, 0.1) is 0 Å². The molecule has 0 aliphatic rings. The molecule has 0 fully saturated rings. The van der Waals surface area contributed by atoms with Crippen LogP contribution in [-0.4, -0.2) is 0 Å². The fourth-order valence-electron chi connectivity index (χ4n) is 7.50. The van der Waals surface area contributed by atoms with Crippen LogP contribution < -0.4 is 0 Å². The van der Waals surface area contributed by atoms with Gasteiger partial charge in [-0.2, -0.15) is 0 Å². The van der Waals surface area contributed by atoms with Gasteiger partial charge in [-0.1, -0.05) is 121 Å². The normalized spacial score (nSPS) is 12.0. The molecule has 45 heavy (non-hydrogen) atoms. The van der Waals surface area contributed by atoms with Gasteiger partial charge in [0.05, 0.1) is 0 Å². The lowest BCUT2D eigenvalue weighted by Gasteiger charge is -2.17. The van der Waals surface area contributed by atoms with Crippen LogP contribution >= 0.6 is 11.3 Å². The van der Waals surface area contributed by atoms with E-state index in [-0.39, 0.29) is 0 Å². The number of fused-ring (bicyclic) bond motifs is 10. The molecule has 9 aromatic carbocycles. The van der Waals surface area contributed by atoms with Gasteiger partial charge in [0.15, 0.2) is 0 Å². The minimum Gasteiger partial charge on any atom is -0.135 e. The molecule has 0 saturated carbocycles. The maximum absolute atomic E-state index is 2.44. The van der Waals surface area contributed by atoms with Crippen molar-refractivity contribution in [3.63, 3.8) is 0 Å². The molecule has 1 heterocycles. The van der Waals surface area contributed by atoms with Gasteiger partial charge >= 0.3 is 0 Å². The molecule has 0 unspecified atom stereocenters. The monoisotopic (exact) mass is 586 g/mol. The van der Waals surface area contributed by atoms with E-state index in [2.05, 4.69) is 158 Å². The molecule has 10 aromatic rings. The Kier molecular flexibility index (Phi) is 5.25. The van der Waals surface area contributed by atoms with E-state index in [4.69, 9.17) is 0 Å². The minimum absolute atomic E-state index is 1.26. The lowest BCUT2D eigenvalue weighted by Crippen LogP contribution is -1.89. The second kappa shape index (κ2) is 9.50. The van der Waals surface area contributed by atoms with E-state index in [1.54, 1.807) is 0 Å². The zero-order chi connectivity index (χ0) is 29.5. The Morgan fingerprint density at radius 3 is 1.58 bits per heavy atom. The Hall–Kier alpha value is -5.50. The summed E-state index contributed by atoms with van der Waals surface area (Å²) in [7, 11) is 0. The SMILES string of the molecule is c1ccc2cc3c(cc2c1)sc1ccc(-c2cc4c5ccccc5c(-c5cccc6ccccc56)cc4c4ccccc24)cc13. The number of hydrogen-bond acceptors (Lipinski definition) is 1. The third-order valence-electron chi connectivity index (χ3n) is 9.61. The number of benzene rings is 9. The Bertz CT molecular complexity index is 2810. The van der Waals surface area contributed by atoms with E-state index in [9.17, 15) is 0 Å². The third-order valence-corrected chi connectivity index (χ3v) is 10.7. The maximum Gasteiger partial charge on any atom is 0.0361 e. The van der Waals surface area contributed by atoms with Gasteiger partial charge in [0, 0.05) is 20.2 Å². The smallest absolute Gasteiger partial charge is 0.0361 e. The van der Waals surface area contributed by atoms with Crippen molar-refractivity contribution in [2.24, 2.45) is 0 Å². The quantitative estimate of drug-likeness (QED) is 0.177. The van der Waals surface area contributed by atoms with Gasteiger partial charge in [-0.15, -0.1) is 11.3 Å². The van der Waals surface area contributed by atoms with Crippen LogP contribution in [0.3, 0.4) is 0 Å².